The lowest BCUT2D eigenvalue weighted by atomic mass is 9.95. The number of thiazole rings is 1. The number of aryl methyl sites for hydroxylation is 1. The maximum absolute atomic E-state index is 14.2. The van der Waals surface area contributed by atoms with Crippen molar-refractivity contribution in [2.24, 2.45) is 0 Å². The van der Waals surface area contributed by atoms with Crippen LogP contribution in [-0.4, -0.2) is 54.7 Å². The topological polar surface area (TPSA) is 138 Å². The molecule has 1 amide bonds. The van der Waals surface area contributed by atoms with Gasteiger partial charge in [0.2, 0.25) is 5.78 Å². The molecule has 1 aliphatic heterocycles. The van der Waals surface area contributed by atoms with E-state index in [0.29, 0.717) is 52.7 Å². The number of ether oxygens (including phenoxy) is 4. The third-order valence-electron chi connectivity index (χ3n) is 6.96. The number of anilines is 1. The number of furan rings is 1. The van der Waals surface area contributed by atoms with Crippen LogP contribution in [0.5, 0.6) is 17.2 Å². The number of Topliss-reactive ketones (excluding diaryl/α,β-unsaturated/α-hetero) is 1. The zero-order valence-corrected chi connectivity index (χ0v) is 26.1. The summed E-state index contributed by atoms with van der Waals surface area (Å²) in [6.07, 6.45) is 2.21. The molecule has 11 nitrogen and oxygen atoms in total. The molecule has 2 aromatic carbocycles. The Morgan fingerprint density at radius 3 is 2.64 bits per heavy atom. The van der Waals surface area contributed by atoms with Gasteiger partial charge < -0.3 is 28.5 Å². The minimum absolute atomic E-state index is 0.00723. The van der Waals surface area contributed by atoms with Gasteiger partial charge in [0.05, 0.1) is 37.6 Å². The van der Waals surface area contributed by atoms with Crippen LogP contribution in [0.25, 0.3) is 11.0 Å². The van der Waals surface area contributed by atoms with Crippen molar-refractivity contribution < 1.29 is 42.9 Å². The van der Waals surface area contributed by atoms with Crippen molar-refractivity contribution in [3.05, 3.63) is 88.3 Å². The van der Waals surface area contributed by atoms with Crippen LogP contribution < -0.4 is 19.1 Å². The average Bonchev–Trinajstić information content (AvgIpc) is 3.72. The number of aliphatic hydroxyl groups is 1. The summed E-state index contributed by atoms with van der Waals surface area (Å²) < 4.78 is 28.2. The number of hydrogen-bond donors (Lipinski definition) is 1. The van der Waals surface area contributed by atoms with Crippen LogP contribution in [-0.2, 0) is 9.53 Å². The lowest BCUT2D eigenvalue weighted by Crippen LogP contribution is -2.31. The fourth-order valence-corrected chi connectivity index (χ4v) is 5.95. The van der Waals surface area contributed by atoms with Crippen LogP contribution in [0.2, 0.25) is 0 Å². The molecule has 1 unspecified atom stereocenters. The maximum atomic E-state index is 14.2. The third kappa shape index (κ3) is 5.88. The maximum Gasteiger partial charge on any atom is 0.350 e. The predicted molar refractivity (Wildman–Crippen MR) is 168 cm³/mol. The molecule has 45 heavy (non-hydrogen) atoms. The van der Waals surface area contributed by atoms with Gasteiger partial charge in [-0.2, -0.15) is 0 Å². The molecule has 12 heteroatoms. The van der Waals surface area contributed by atoms with Crippen molar-refractivity contribution in [2.75, 3.05) is 31.8 Å². The second-order valence-corrected chi connectivity index (χ2v) is 10.9. The van der Waals surface area contributed by atoms with Crippen LogP contribution in [0, 0.1) is 6.92 Å². The normalized spacial score (nSPS) is 14.6. The summed E-state index contributed by atoms with van der Waals surface area (Å²) in [5.41, 5.74) is 0.861. The molecule has 0 radical (unpaired) electrons. The molecule has 3 heterocycles. The number of carbonyl (C=O) groups excluding carboxylic acids is 3. The Kier molecular flexibility index (Phi) is 9.24. The van der Waals surface area contributed by atoms with E-state index in [4.69, 9.17) is 23.4 Å². The van der Waals surface area contributed by atoms with Crippen molar-refractivity contribution >= 4 is 45.1 Å². The summed E-state index contributed by atoms with van der Waals surface area (Å²) in [5.74, 6) is -1.80. The van der Waals surface area contributed by atoms with E-state index in [9.17, 15) is 19.5 Å². The van der Waals surface area contributed by atoms with E-state index in [2.05, 4.69) is 11.6 Å². The Morgan fingerprint density at radius 1 is 1.13 bits per heavy atom. The molecule has 0 saturated heterocycles. The smallest absolute Gasteiger partial charge is 0.350 e. The van der Waals surface area contributed by atoms with Crippen molar-refractivity contribution in [1.29, 1.82) is 0 Å². The zero-order valence-electron chi connectivity index (χ0n) is 25.2. The molecule has 2 aromatic heterocycles. The highest BCUT2D eigenvalue weighted by atomic mass is 32.1. The van der Waals surface area contributed by atoms with Gasteiger partial charge in [-0.3, -0.25) is 14.5 Å². The first-order chi connectivity index (χ1) is 21.7. The molecular weight excluding hydrogens is 600 g/mol. The summed E-state index contributed by atoms with van der Waals surface area (Å²) in [7, 11) is 1.48. The third-order valence-corrected chi connectivity index (χ3v) is 8.10. The van der Waals surface area contributed by atoms with Gasteiger partial charge in [-0.1, -0.05) is 49.1 Å². The van der Waals surface area contributed by atoms with Gasteiger partial charge in [0.15, 0.2) is 39.5 Å². The molecule has 5 rings (SSSR count). The first-order valence-electron chi connectivity index (χ1n) is 14.3. The number of ketones is 1. The molecule has 234 valence electrons. The number of para-hydroxylation sites is 1. The first-order valence-corrected chi connectivity index (χ1v) is 15.1. The van der Waals surface area contributed by atoms with Gasteiger partial charge in [0.25, 0.3) is 5.91 Å². The van der Waals surface area contributed by atoms with Gasteiger partial charge in [0.1, 0.15) is 11.5 Å². The number of esters is 1. The number of fused-ring (bicyclic) bond motifs is 1. The van der Waals surface area contributed by atoms with E-state index in [1.54, 1.807) is 43.3 Å². The Morgan fingerprint density at radius 2 is 1.93 bits per heavy atom. The van der Waals surface area contributed by atoms with Gasteiger partial charge in [-0.15, -0.1) is 0 Å². The lowest BCUT2D eigenvalue weighted by Gasteiger charge is -2.25. The van der Waals surface area contributed by atoms with Crippen molar-refractivity contribution in [1.82, 2.24) is 4.98 Å². The summed E-state index contributed by atoms with van der Waals surface area (Å²) in [6.45, 7) is 9.74. The number of nitrogens with zero attached hydrogens (tertiary/aromatic N) is 2. The Hall–Kier alpha value is -5.10. The predicted octanol–water partition coefficient (Wildman–Crippen LogP) is 6.52. The molecule has 4 aromatic rings. The highest BCUT2D eigenvalue weighted by Gasteiger charge is 2.47. The van der Waals surface area contributed by atoms with Crippen LogP contribution in [0.15, 0.2) is 70.9 Å². The summed E-state index contributed by atoms with van der Waals surface area (Å²) >= 11 is 0.907. The number of aromatic nitrogens is 1. The molecule has 0 bridgehead atoms. The molecule has 1 aliphatic rings. The number of rotatable bonds is 13. The minimum atomic E-state index is -1.16. The summed E-state index contributed by atoms with van der Waals surface area (Å²) in [5, 5.41) is 12.0. The number of hydrogen-bond acceptors (Lipinski definition) is 11. The van der Waals surface area contributed by atoms with Gasteiger partial charge in [-0.05, 0) is 50.1 Å². The SMILES string of the molecule is C=CCOC(=O)c1sc(N2C(=O)C(O)=C(C(=O)c3cc4cccc(OC)c4o3)C2c2ccc(OCCC)c(OCC)c2)nc1C. The number of carbonyl (C=O) groups is 3. The molecule has 0 spiro atoms. The zero-order chi connectivity index (χ0) is 32.2. The fraction of sp³-hybridized carbons (Fsp3) is 0.273. The number of amides is 1. The van der Waals surface area contributed by atoms with E-state index >= 15 is 0 Å². The van der Waals surface area contributed by atoms with Gasteiger partial charge in [-0.25, -0.2) is 9.78 Å². The van der Waals surface area contributed by atoms with Crippen LogP contribution >= 0.6 is 11.3 Å². The quantitative estimate of drug-likeness (QED) is 0.0985. The molecule has 0 fully saturated rings. The standard InChI is InChI=1S/C33H32N2O9S/c1-6-14-42-21-13-12-19(16-23(21)41-8-3)26-25(27(36)24-17-20-10-9-11-22(40-5)29(20)44-24)28(37)31(38)35(26)33-34-18(4)30(45-33)32(39)43-15-7-2/h7,9-13,16-17,26,37H,2,6,8,14-15H2,1,3-5H3. The van der Waals surface area contributed by atoms with Crippen molar-refractivity contribution in [3.63, 3.8) is 0 Å². The highest BCUT2D eigenvalue weighted by molar-refractivity contribution is 7.17. The van der Waals surface area contributed by atoms with Crippen molar-refractivity contribution in [3.8, 4) is 17.2 Å². The Labute approximate surface area is 263 Å². The lowest BCUT2D eigenvalue weighted by molar-refractivity contribution is -0.117. The molecule has 0 aliphatic carbocycles. The van der Waals surface area contributed by atoms with Crippen LogP contribution in [0.3, 0.4) is 0 Å². The second kappa shape index (κ2) is 13.3. The summed E-state index contributed by atoms with van der Waals surface area (Å²) in [6, 6.07) is 10.6. The van der Waals surface area contributed by atoms with E-state index in [1.165, 1.54) is 24.2 Å². The van der Waals surface area contributed by atoms with Gasteiger partial charge >= 0.3 is 5.97 Å². The van der Waals surface area contributed by atoms with E-state index < -0.39 is 29.5 Å². The van der Waals surface area contributed by atoms with Crippen LogP contribution in [0.4, 0.5) is 5.13 Å². The first kappa shape index (κ1) is 31.3. The van der Waals surface area contributed by atoms with Gasteiger partial charge in [0, 0.05) is 5.39 Å². The van der Waals surface area contributed by atoms with E-state index in [-0.39, 0.29) is 27.9 Å². The summed E-state index contributed by atoms with van der Waals surface area (Å²) in [4.78, 5) is 46.5. The molecule has 0 saturated carbocycles. The monoisotopic (exact) mass is 632 g/mol. The minimum Gasteiger partial charge on any atom is -0.503 e. The van der Waals surface area contributed by atoms with E-state index in [1.807, 2.05) is 13.8 Å². The fourth-order valence-electron chi connectivity index (χ4n) is 4.96. The molecule has 1 atom stereocenters. The van der Waals surface area contributed by atoms with Crippen LogP contribution in [0.1, 0.15) is 57.8 Å². The highest BCUT2D eigenvalue weighted by Crippen LogP contribution is 2.46. The van der Waals surface area contributed by atoms with E-state index in [0.717, 1.165) is 17.8 Å². The number of benzene rings is 2. The van der Waals surface area contributed by atoms with Crippen molar-refractivity contribution in [2.45, 2.75) is 33.2 Å². The average molecular weight is 633 g/mol. The molecule has 1 N–H and O–H groups in total. The Bertz CT molecular complexity index is 1820. The number of methoxy groups -OCH3 is 1. The Balaban J connectivity index is 1.65. The number of aliphatic hydroxyl groups excluding tert-OH is 1. The second-order valence-electron chi connectivity index (χ2n) is 9.94. The molecular formula is C33H32N2O9S. The largest absolute Gasteiger partial charge is 0.503 e.